The van der Waals surface area contributed by atoms with Gasteiger partial charge in [-0.3, -0.25) is 9.59 Å². The van der Waals surface area contributed by atoms with Crippen molar-refractivity contribution < 1.29 is 19.1 Å². The molecular formula is C17H17N3O5. The van der Waals surface area contributed by atoms with Crippen molar-refractivity contribution in [2.75, 3.05) is 13.1 Å². The van der Waals surface area contributed by atoms with Crippen LogP contribution in [0, 0.1) is 0 Å². The largest absolute Gasteiger partial charge is 0.483 e. The molecule has 2 heterocycles. The van der Waals surface area contributed by atoms with Crippen LogP contribution in [-0.2, 0) is 11.3 Å². The molecule has 0 saturated carbocycles. The van der Waals surface area contributed by atoms with Crippen molar-refractivity contribution in [3.63, 3.8) is 0 Å². The molecule has 0 radical (unpaired) electrons. The number of amides is 2. The number of nitrogens with one attached hydrogen (secondary N) is 3. The SMILES string of the molecule is O=C1NCC(CNC(=O)c2cc(=O)c(OCc3ccccc3)c[nH]2)O1. The van der Waals surface area contributed by atoms with Crippen molar-refractivity contribution in [2.45, 2.75) is 12.7 Å². The second-order valence-corrected chi connectivity index (χ2v) is 5.47. The van der Waals surface area contributed by atoms with E-state index in [9.17, 15) is 14.4 Å². The molecule has 1 atom stereocenters. The lowest BCUT2D eigenvalue weighted by molar-refractivity contribution is 0.0911. The molecule has 1 fully saturated rings. The van der Waals surface area contributed by atoms with E-state index in [4.69, 9.17) is 9.47 Å². The van der Waals surface area contributed by atoms with E-state index in [0.717, 1.165) is 5.56 Å². The van der Waals surface area contributed by atoms with Crippen LogP contribution in [0.25, 0.3) is 0 Å². The van der Waals surface area contributed by atoms with Crippen LogP contribution in [-0.4, -0.2) is 36.2 Å². The number of aromatic amines is 1. The van der Waals surface area contributed by atoms with Crippen LogP contribution in [0.15, 0.2) is 47.4 Å². The smallest absolute Gasteiger partial charge is 0.407 e. The molecule has 2 amide bonds. The van der Waals surface area contributed by atoms with Gasteiger partial charge in [-0.05, 0) is 5.56 Å². The predicted molar refractivity (Wildman–Crippen MR) is 88.4 cm³/mol. The summed E-state index contributed by atoms with van der Waals surface area (Å²) in [5.41, 5.74) is 0.645. The van der Waals surface area contributed by atoms with Gasteiger partial charge in [0, 0.05) is 12.3 Å². The Morgan fingerprint density at radius 1 is 1.28 bits per heavy atom. The highest BCUT2D eigenvalue weighted by Crippen LogP contribution is 2.07. The summed E-state index contributed by atoms with van der Waals surface area (Å²) >= 11 is 0. The number of carbonyl (C=O) groups excluding carboxylic acids is 2. The monoisotopic (exact) mass is 343 g/mol. The van der Waals surface area contributed by atoms with Crippen LogP contribution in [0.5, 0.6) is 5.75 Å². The summed E-state index contributed by atoms with van der Waals surface area (Å²) in [5, 5.41) is 5.09. The molecule has 3 rings (SSSR count). The molecule has 1 aliphatic rings. The number of alkyl carbamates (subject to hydrolysis) is 1. The second kappa shape index (κ2) is 7.52. The molecule has 0 aliphatic carbocycles. The van der Waals surface area contributed by atoms with Gasteiger partial charge < -0.3 is 25.1 Å². The van der Waals surface area contributed by atoms with Crippen LogP contribution >= 0.6 is 0 Å². The molecule has 0 bridgehead atoms. The lowest BCUT2D eigenvalue weighted by Gasteiger charge is -2.10. The Balaban J connectivity index is 1.56. The Labute approximate surface area is 143 Å². The van der Waals surface area contributed by atoms with Crippen LogP contribution in [0.2, 0.25) is 0 Å². The molecule has 3 N–H and O–H groups in total. The summed E-state index contributed by atoms with van der Waals surface area (Å²) < 4.78 is 10.4. The molecule has 0 spiro atoms. The topological polar surface area (TPSA) is 110 Å². The molecule has 2 aromatic rings. The fourth-order valence-corrected chi connectivity index (χ4v) is 2.28. The Morgan fingerprint density at radius 2 is 2.08 bits per heavy atom. The highest BCUT2D eigenvalue weighted by atomic mass is 16.6. The maximum Gasteiger partial charge on any atom is 0.407 e. The number of H-pyrrole nitrogens is 1. The van der Waals surface area contributed by atoms with Gasteiger partial charge in [0.15, 0.2) is 5.75 Å². The van der Waals surface area contributed by atoms with Gasteiger partial charge in [-0.25, -0.2) is 4.79 Å². The first-order valence-corrected chi connectivity index (χ1v) is 7.74. The first kappa shape index (κ1) is 16.6. The zero-order valence-corrected chi connectivity index (χ0v) is 13.3. The van der Waals surface area contributed by atoms with Gasteiger partial charge in [-0.15, -0.1) is 0 Å². The number of carbonyl (C=O) groups is 2. The first-order chi connectivity index (χ1) is 12.1. The van der Waals surface area contributed by atoms with Gasteiger partial charge in [0.1, 0.15) is 18.4 Å². The molecule has 1 aromatic heterocycles. The summed E-state index contributed by atoms with van der Waals surface area (Å²) in [5.74, 6) is -0.330. The Morgan fingerprint density at radius 3 is 2.76 bits per heavy atom. The van der Waals surface area contributed by atoms with E-state index in [1.165, 1.54) is 12.3 Å². The fourth-order valence-electron chi connectivity index (χ4n) is 2.28. The predicted octanol–water partition coefficient (Wildman–Crippen LogP) is 0.792. The maximum atomic E-state index is 12.1. The van der Waals surface area contributed by atoms with Gasteiger partial charge in [-0.2, -0.15) is 0 Å². The van der Waals surface area contributed by atoms with Gasteiger partial charge in [-0.1, -0.05) is 30.3 Å². The van der Waals surface area contributed by atoms with Crippen molar-refractivity contribution in [2.24, 2.45) is 0 Å². The van der Waals surface area contributed by atoms with E-state index in [2.05, 4.69) is 15.6 Å². The number of benzene rings is 1. The molecule has 1 aromatic carbocycles. The number of ether oxygens (including phenoxy) is 2. The van der Waals surface area contributed by atoms with E-state index >= 15 is 0 Å². The number of hydrogen-bond acceptors (Lipinski definition) is 5. The summed E-state index contributed by atoms with van der Waals surface area (Å²) in [6, 6.07) is 10.6. The minimum absolute atomic E-state index is 0.106. The van der Waals surface area contributed by atoms with Crippen molar-refractivity contribution in [3.8, 4) is 5.75 Å². The number of aromatic nitrogens is 1. The van der Waals surface area contributed by atoms with Gasteiger partial charge in [0.05, 0.1) is 13.1 Å². The van der Waals surface area contributed by atoms with Gasteiger partial charge in [0.25, 0.3) is 5.91 Å². The second-order valence-electron chi connectivity index (χ2n) is 5.47. The quantitative estimate of drug-likeness (QED) is 0.718. The lowest BCUT2D eigenvalue weighted by atomic mass is 10.2. The van der Waals surface area contributed by atoms with Crippen LogP contribution in [0.4, 0.5) is 4.79 Å². The molecular weight excluding hydrogens is 326 g/mol. The van der Waals surface area contributed by atoms with E-state index in [1.807, 2.05) is 30.3 Å². The third-order valence-electron chi connectivity index (χ3n) is 3.60. The fraction of sp³-hybridized carbons (Fsp3) is 0.235. The summed E-state index contributed by atoms with van der Waals surface area (Å²) in [7, 11) is 0. The van der Waals surface area contributed by atoms with E-state index < -0.39 is 23.5 Å². The normalized spacial score (nSPS) is 16.0. The molecule has 130 valence electrons. The first-order valence-electron chi connectivity index (χ1n) is 7.74. The number of rotatable bonds is 6. The van der Waals surface area contributed by atoms with Crippen molar-refractivity contribution >= 4 is 12.0 Å². The number of cyclic esters (lactones) is 1. The molecule has 1 saturated heterocycles. The Hall–Kier alpha value is -3.29. The van der Waals surface area contributed by atoms with Crippen LogP contribution < -0.4 is 20.8 Å². The molecule has 8 nitrogen and oxygen atoms in total. The third-order valence-corrected chi connectivity index (χ3v) is 3.60. The van der Waals surface area contributed by atoms with E-state index in [1.54, 1.807) is 0 Å². The van der Waals surface area contributed by atoms with Crippen molar-refractivity contribution in [1.82, 2.24) is 15.6 Å². The van der Waals surface area contributed by atoms with Crippen molar-refractivity contribution in [1.29, 1.82) is 0 Å². The minimum Gasteiger partial charge on any atom is -0.483 e. The Bertz CT molecular complexity index is 819. The highest BCUT2D eigenvalue weighted by molar-refractivity contribution is 5.92. The van der Waals surface area contributed by atoms with Crippen LogP contribution in [0.1, 0.15) is 16.1 Å². The number of hydrogen-bond donors (Lipinski definition) is 3. The Kier molecular flexibility index (Phi) is 4.98. The molecule has 25 heavy (non-hydrogen) atoms. The zero-order valence-electron chi connectivity index (χ0n) is 13.3. The third kappa shape index (κ3) is 4.37. The number of pyridine rings is 1. The molecule has 1 unspecified atom stereocenters. The zero-order chi connectivity index (χ0) is 17.6. The average molecular weight is 343 g/mol. The maximum absolute atomic E-state index is 12.1. The van der Waals surface area contributed by atoms with E-state index in [-0.39, 0.29) is 24.6 Å². The molecule has 1 aliphatic heterocycles. The van der Waals surface area contributed by atoms with Crippen LogP contribution in [0.3, 0.4) is 0 Å². The summed E-state index contributed by atoms with van der Waals surface area (Å²) in [6.45, 7) is 0.753. The summed E-state index contributed by atoms with van der Waals surface area (Å²) in [4.78, 5) is 37.8. The standard InChI is InChI=1S/C17H17N3O5/c21-14-6-13(16(22)19-7-12-8-20-17(23)25-12)18-9-15(14)24-10-11-4-2-1-3-5-11/h1-6,9,12H,7-8,10H2,(H,18,21)(H,19,22)(H,20,23). The van der Waals surface area contributed by atoms with Gasteiger partial charge >= 0.3 is 6.09 Å². The molecule has 8 heteroatoms. The van der Waals surface area contributed by atoms with Gasteiger partial charge in [0.2, 0.25) is 5.43 Å². The van der Waals surface area contributed by atoms with Crippen molar-refractivity contribution in [3.05, 3.63) is 64.1 Å². The summed E-state index contributed by atoms with van der Waals surface area (Å²) in [6.07, 6.45) is 0.432. The van der Waals surface area contributed by atoms with E-state index in [0.29, 0.717) is 6.54 Å². The lowest BCUT2D eigenvalue weighted by Crippen LogP contribution is -2.34. The average Bonchev–Trinajstić information content (AvgIpc) is 3.05. The highest BCUT2D eigenvalue weighted by Gasteiger charge is 2.23. The minimum atomic E-state index is -0.507.